The van der Waals surface area contributed by atoms with Gasteiger partial charge in [0, 0.05) is 36.8 Å². The van der Waals surface area contributed by atoms with E-state index in [4.69, 9.17) is 5.73 Å². The van der Waals surface area contributed by atoms with Crippen molar-refractivity contribution in [1.29, 1.82) is 0 Å². The van der Waals surface area contributed by atoms with Crippen molar-refractivity contribution < 1.29 is 9.59 Å². The molecule has 2 amide bonds. The fourth-order valence-corrected chi connectivity index (χ4v) is 2.73. The summed E-state index contributed by atoms with van der Waals surface area (Å²) in [5.41, 5.74) is 8.40. The smallest absolute Gasteiger partial charge is 0.248 e. The number of carbonyl (C=O) groups is 2. The van der Waals surface area contributed by atoms with Crippen molar-refractivity contribution in [3.8, 4) is 0 Å². The molecule has 5 nitrogen and oxygen atoms in total. The van der Waals surface area contributed by atoms with Crippen LogP contribution in [0.25, 0.3) is 17.0 Å². The molecule has 0 saturated heterocycles. The normalized spacial score (nSPS) is 11.0. The van der Waals surface area contributed by atoms with Crippen LogP contribution in [0.4, 0.5) is 0 Å². The third kappa shape index (κ3) is 3.95. The molecule has 130 valence electrons. The fraction of sp³-hybridized carbons (Fsp3) is 0.0952. The van der Waals surface area contributed by atoms with E-state index in [0.29, 0.717) is 12.1 Å². The molecule has 0 spiro atoms. The van der Waals surface area contributed by atoms with E-state index in [2.05, 4.69) is 4.98 Å². The number of hydrogen-bond acceptors (Lipinski definition) is 3. The minimum atomic E-state index is -0.481. The van der Waals surface area contributed by atoms with Gasteiger partial charge in [-0.2, -0.15) is 0 Å². The Morgan fingerprint density at radius 2 is 1.92 bits per heavy atom. The first-order valence-corrected chi connectivity index (χ1v) is 8.20. The van der Waals surface area contributed by atoms with Crippen molar-refractivity contribution in [2.75, 3.05) is 7.05 Å². The van der Waals surface area contributed by atoms with Crippen LogP contribution in [0.3, 0.4) is 0 Å². The molecule has 5 heteroatoms. The quantitative estimate of drug-likeness (QED) is 0.722. The van der Waals surface area contributed by atoms with Gasteiger partial charge in [0.25, 0.3) is 0 Å². The predicted octanol–water partition coefficient (Wildman–Crippen LogP) is 3.01. The summed E-state index contributed by atoms with van der Waals surface area (Å²) in [6.07, 6.45) is 5.06. The van der Waals surface area contributed by atoms with E-state index in [1.54, 1.807) is 48.5 Å². The van der Waals surface area contributed by atoms with Crippen LogP contribution in [0.1, 0.15) is 21.5 Å². The summed E-state index contributed by atoms with van der Waals surface area (Å²) in [4.78, 5) is 29.6. The molecule has 3 aromatic rings. The molecular weight excluding hydrogens is 326 g/mol. The highest BCUT2D eigenvalue weighted by Crippen LogP contribution is 2.17. The predicted molar refractivity (Wildman–Crippen MR) is 102 cm³/mol. The minimum absolute atomic E-state index is 0.129. The number of primary amides is 1. The topological polar surface area (TPSA) is 76.3 Å². The summed E-state index contributed by atoms with van der Waals surface area (Å²) in [5.74, 6) is -0.610. The molecule has 0 unspecified atom stereocenters. The average molecular weight is 345 g/mol. The number of rotatable bonds is 5. The zero-order valence-electron chi connectivity index (χ0n) is 14.4. The van der Waals surface area contributed by atoms with Gasteiger partial charge in [0.2, 0.25) is 11.8 Å². The van der Waals surface area contributed by atoms with Gasteiger partial charge in [0.05, 0.1) is 5.52 Å². The van der Waals surface area contributed by atoms with Crippen LogP contribution in [-0.4, -0.2) is 28.7 Å². The summed E-state index contributed by atoms with van der Waals surface area (Å²) in [5, 5.41) is 0.996. The summed E-state index contributed by atoms with van der Waals surface area (Å²) < 4.78 is 0. The molecule has 2 N–H and O–H groups in total. The van der Waals surface area contributed by atoms with Crippen LogP contribution in [0.2, 0.25) is 0 Å². The molecule has 0 saturated carbocycles. The Bertz CT molecular complexity index is 990. The molecule has 0 fully saturated rings. The first-order chi connectivity index (χ1) is 12.5. The Kier molecular flexibility index (Phi) is 5.08. The SMILES string of the molecule is CN(Cc1cccc(C(N)=O)c1)C(=O)/C=C\c1ccnc2ccccc12. The second-order valence-electron chi connectivity index (χ2n) is 6.01. The van der Waals surface area contributed by atoms with E-state index in [-0.39, 0.29) is 5.91 Å². The molecule has 0 bridgehead atoms. The largest absolute Gasteiger partial charge is 0.366 e. The number of aromatic nitrogens is 1. The number of likely N-dealkylation sites (N-methyl/N-ethyl adjacent to an activating group) is 1. The van der Waals surface area contributed by atoms with Gasteiger partial charge in [0.15, 0.2) is 0 Å². The molecule has 1 aromatic heterocycles. The molecular formula is C21H19N3O2. The molecule has 3 rings (SSSR count). The number of fused-ring (bicyclic) bond motifs is 1. The first-order valence-electron chi connectivity index (χ1n) is 8.20. The van der Waals surface area contributed by atoms with Crippen molar-refractivity contribution in [3.63, 3.8) is 0 Å². The maximum absolute atomic E-state index is 12.4. The second-order valence-corrected chi connectivity index (χ2v) is 6.01. The number of nitrogens with two attached hydrogens (primary N) is 1. The lowest BCUT2D eigenvalue weighted by molar-refractivity contribution is -0.125. The molecule has 0 radical (unpaired) electrons. The zero-order valence-corrected chi connectivity index (χ0v) is 14.4. The highest BCUT2D eigenvalue weighted by molar-refractivity contribution is 5.95. The molecule has 2 aromatic carbocycles. The van der Waals surface area contributed by atoms with E-state index in [9.17, 15) is 9.59 Å². The van der Waals surface area contributed by atoms with Gasteiger partial charge < -0.3 is 10.6 Å². The van der Waals surface area contributed by atoms with Gasteiger partial charge in [-0.15, -0.1) is 0 Å². The number of amides is 2. The van der Waals surface area contributed by atoms with E-state index in [1.165, 1.54) is 0 Å². The van der Waals surface area contributed by atoms with Crippen molar-refractivity contribution in [2.45, 2.75) is 6.54 Å². The highest BCUT2D eigenvalue weighted by Gasteiger charge is 2.08. The lowest BCUT2D eigenvalue weighted by Crippen LogP contribution is -2.24. The zero-order chi connectivity index (χ0) is 18.5. The summed E-state index contributed by atoms with van der Waals surface area (Å²) in [6.45, 7) is 0.390. The van der Waals surface area contributed by atoms with E-state index in [1.807, 2.05) is 36.4 Å². The summed E-state index contributed by atoms with van der Waals surface area (Å²) >= 11 is 0. The minimum Gasteiger partial charge on any atom is -0.366 e. The van der Waals surface area contributed by atoms with Gasteiger partial charge in [-0.25, -0.2) is 0 Å². The van der Waals surface area contributed by atoms with E-state index >= 15 is 0 Å². The Morgan fingerprint density at radius 3 is 2.73 bits per heavy atom. The summed E-state index contributed by atoms with van der Waals surface area (Å²) in [6, 6.07) is 16.6. The molecule has 0 aliphatic rings. The third-order valence-electron chi connectivity index (χ3n) is 4.10. The standard InChI is InChI=1S/C21H19N3O2/c1-24(14-15-5-4-6-17(13-15)21(22)26)20(25)10-9-16-11-12-23-19-8-3-2-7-18(16)19/h2-13H,14H2,1H3,(H2,22,26)/b10-9-. The number of para-hydroxylation sites is 1. The monoisotopic (exact) mass is 345 g/mol. The second kappa shape index (κ2) is 7.61. The van der Waals surface area contributed by atoms with Crippen LogP contribution < -0.4 is 5.73 Å². The van der Waals surface area contributed by atoms with Crippen molar-refractivity contribution >= 4 is 28.8 Å². The van der Waals surface area contributed by atoms with Gasteiger partial charge >= 0.3 is 0 Å². The lowest BCUT2D eigenvalue weighted by atomic mass is 10.1. The Hall–Kier alpha value is -3.47. The Balaban J connectivity index is 1.73. The molecule has 26 heavy (non-hydrogen) atoms. The number of pyridine rings is 1. The fourth-order valence-electron chi connectivity index (χ4n) is 2.73. The van der Waals surface area contributed by atoms with Crippen molar-refractivity contribution in [3.05, 3.63) is 83.6 Å². The maximum atomic E-state index is 12.4. The molecule has 1 heterocycles. The van der Waals surface area contributed by atoms with Gasteiger partial charge in [-0.3, -0.25) is 14.6 Å². The number of carbonyl (C=O) groups excluding carboxylic acids is 2. The van der Waals surface area contributed by atoms with Gasteiger partial charge in [-0.1, -0.05) is 30.3 Å². The maximum Gasteiger partial charge on any atom is 0.248 e. The number of hydrogen-bond donors (Lipinski definition) is 1. The average Bonchev–Trinajstić information content (AvgIpc) is 2.66. The third-order valence-corrected chi connectivity index (χ3v) is 4.10. The first kappa shape index (κ1) is 17.4. The Morgan fingerprint density at radius 1 is 1.12 bits per heavy atom. The highest BCUT2D eigenvalue weighted by atomic mass is 16.2. The van der Waals surface area contributed by atoms with Crippen molar-refractivity contribution in [2.24, 2.45) is 5.73 Å². The van der Waals surface area contributed by atoms with Crippen LogP contribution in [0.15, 0.2) is 66.9 Å². The van der Waals surface area contributed by atoms with Crippen molar-refractivity contribution in [1.82, 2.24) is 9.88 Å². The summed E-state index contributed by atoms with van der Waals surface area (Å²) in [7, 11) is 1.72. The van der Waals surface area contributed by atoms with Crippen LogP contribution in [0.5, 0.6) is 0 Å². The molecule has 0 aliphatic heterocycles. The Labute approximate surface area is 151 Å². The molecule has 0 aliphatic carbocycles. The lowest BCUT2D eigenvalue weighted by Gasteiger charge is -2.15. The number of nitrogens with zero attached hydrogens (tertiary/aromatic N) is 2. The van der Waals surface area contributed by atoms with E-state index < -0.39 is 5.91 Å². The van der Waals surface area contributed by atoms with Crippen LogP contribution >= 0.6 is 0 Å². The molecule has 0 atom stereocenters. The van der Waals surface area contributed by atoms with Crippen LogP contribution in [-0.2, 0) is 11.3 Å². The van der Waals surface area contributed by atoms with Crippen LogP contribution in [0, 0.1) is 0 Å². The van der Waals surface area contributed by atoms with Gasteiger partial charge in [-0.05, 0) is 41.5 Å². The number of benzene rings is 2. The van der Waals surface area contributed by atoms with E-state index in [0.717, 1.165) is 22.0 Å². The van der Waals surface area contributed by atoms with Gasteiger partial charge in [0.1, 0.15) is 0 Å².